The van der Waals surface area contributed by atoms with Crippen LogP contribution < -0.4 is 10.6 Å². The van der Waals surface area contributed by atoms with Crippen molar-refractivity contribution < 1.29 is 28.8 Å². The van der Waals surface area contributed by atoms with E-state index in [1.807, 2.05) is 24.3 Å². The highest BCUT2D eigenvalue weighted by atomic mass is 35.5. The van der Waals surface area contributed by atoms with Crippen molar-refractivity contribution in [3.63, 3.8) is 0 Å². The molecule has 5 aromatic rings. The third kappa shape index (κ3) is 6.64. The lowest BCUT2D eigenvalue weighted by molar-refractivity contribution is -0.121. The fourth-order valence-corrected chi connectivity index (χ4v) is 8.13. The molecular weight excluding hydrogens is 727 g/mol. The highest BCUT2D eigenvalue weighted by Gasteiger charge is 2.36. The Balaban J connectivity index is 1.11. The molecule has 0 aliphatic carbocycles. The molecule has 2 atom stereocenters. The van der Waals surface area contributed by atoms with Gasteiger partial charge in [-0.05, 0) is 96.1 Å². The van der Waals surface area contributed by atoms with Gasteiger partial charge in [-0.25, -0.2) is 0 Å². The summed E-state index contributed by atoms with van der Waals surface area (Å²) in [6, 6.07) is 14.8. The van der Waals surface area contributed by atoms with Gasteiger partial charge in [-0.3, -0.25) is 38.6 Å². The summed E-state index contributed by atoms with van der Waals surface area (Å²) in [5.41, 5.74) is 1.92. The van der Waals surface area contributed by atoms with Crippen LogP contribution in [0.4, 0.5) is 0 Å². The summed E-state index contributed by atoms with van der Waals surface area (Å²) in [4.78, 5) is 81.4. The fraction of sp³-hybridized carbons (Fsp3) is 0.381. The SMILES string of the molecule is CC(Cl)C(=O)NCCCCCCN1C(=O)c2ccc3c4ccc5c6c(ccc(c7ccc(c2c37)C1=O)c64)C(=O)N(CCCCCCNC(=O)C(C)Cl)C5=O. The average molecular weight is 770 g/mol. The Bertz CT molecular complexity index is 2070. The van der Waals surface area contributed by atoms with Gasteiger partial charge in [0.15, 0.2) is 0 Å². The molecule has 2 heterocycles. The van der Waals surface area contributed by atoms with Gasteiger partial charge in [0.1, 0.15) is 10.8 Å². The number of amides is 6. The monoisotopic (exact) mass is 768 g/mol. The minimum atomic E-state index is -0.575. The molecule has 5 aromatic carbocycles. The van der Waals surface area contributed by atoms with Gasteiger partial charge < -0.3 is 10.6 Å². The number of nitrogens with zero attached hydrogens (tertiary/aromatic N) is 2. The van der Waals surface area contributed by atoms with Crippen LogP contribution in [0.1, 0.15) is 107 Å². The molecule has 7 rings (SSSR count). The zero-order chi connectivity index (χ0) is 38.3. The van der Waals surface area contributed by atoms with E-state index in [1.165, 1.54) is 9.80 Å². The van der Waals surface area contributed by atoms with E-state index in [9.17, 15) is 28.8 Å². The van der Waals surface area contributed by atoms with Crippen LogP contribution in [0.25, 0.3) is 43.1 Å². The van der Waals surface area contributed by atoms with Crippen LogP contribution in [0.5, 0.6) is 0 Å². The Hall–Kier alpha value is -4.80. The number of fused-ring (bicyclic) bond motifs is 2. The van der Waals surface area contributed by atoms with Crippen molar-refractivity contribution in [2.75, 3.05) is 26.2 Å². The predicted octanol–water partition coefficient (Wildman–Crippen LogP) is 7.54. The third-order valence-electron chi connectivity index (χ3n) is 10.7. The minimum absolute atomic E-state index is 0.196. The molecule has 2 unspecified atom stereocenters. The summed E-state index contributed by atoms with van der Waals surface area (Å²) < 4.78 is 0. The first kappa shape index (κ1) is 37.5. The number of benzene rings is 5. The van der Waals surface area contributed by atoms with Crippen molar-refractivity contribution in [2.45, 2.75) is 76.0 Å². The lowest BCUT2D eigenvalue weighted by Gasteiger charge is -2.30. The maximum Gasteiger partial charge on any atom is 0.261 e. The van der Waals surface area contributed by atoms with Crippen molar-refractivity contribution in [3.05, 3.63) is 70.8 Å². The molecule has 2 aliphatic rings. The Morgan fingerprint density at radius 1 is 0.481 bits per heavy atom. The van der Waals surface area contributed by atoms with E-state index in [0.29, 0.717) is 72.0 Å². The quantitative estimate of drug-likeness (QED) is 0.0351. The van der Waals surface area contributed by atoms with E-state index in [1.54, 1.807) is 38.1 Å². The second kappa shape index (κ2) is 15.5. The normalized spacial score (nSPS) is 15.3. The molecule has 12 heteroatoms. The lowest BCUT2D eigenvalue weighted by Crippen LogP contribution is -2.41. The highest BCUT2D eigenvalue weighted by molar-refractivity contribution is 6.41. The Morgan fingerprint density at radius 2 is 0.778 bits per heavy atom. The zero-order valence-corrected chi connectivity index (χ0v) is 31.9. The largest absolute Gasteiger partial charge is 0.355 e. The molecule has 0 saturated heterocycles. The van der Waals surface area contributed by atoms with Crippen LogP contribution >= 0.6 is 23.2 Å². The van der Waals surface area contributed by atoms with Gasteiger partial charge in [-0.2, -0.15) is 0 Å². The summed E-state index contributed by atoms with van der Waals surface area (Å²) in [6.07, 6.45) is 6.14. The van der Waals surface area contributed by atoms with Crippen LogP contribution in [-0.4, -0.2) is 82.2 Å². The molecule has 0 radical (unpaired) electrons. The van der Waals surface area contributed by atoms with Gasteiger partial charge in [0, 0.05) is 59.2 Å². The Labute approximate surface area is 322 Å². The number of hydrogen-bond acceptors (Lipinski definition) is 6. The van der Waals surface area contributed by atoms with Gasteiger partial charge in [0.05, 0.1) is 0 Å². The summed E-state index contributed by atoms with van der Waals surface area (Å²) in [7, 11) is 0. The number of imide groups is 2. The summed E-state index contributed by atoms with van der Waals surface area (Å²) >= 11 is 11.6. The second-order valence-corrected chi connectivity index (χ2v) is 15.6. The lowest BCUT2D eigenvalue weighted by atomic mass is 9.82. The van der Waals surface area contributed by atoms with Gasteiger partial charge in [0.2, 0.25) is 11.8 Å². The topological polar surface area (TPSA) is 133 Å². The van der Waals surface area contributed by atoms with Crippen molar-refractivity contribution in [1.82, 2.24) is 20.4 Å². The number of carbonyl (C=O) groups excluding carboxylic acids is 6. The summed E-state index contributed by atoms with van der Waals surface area (Å²) in [5, 5.41) is 10.8. The summed E-state index contributed by atoms with van der Waals surface area (Å²) in [5.74, 6) is -1.67. The zero-order valence-electron chi connectivity index (χ0n) is 30.4. The first-order valence-electron chi connectivity index (χ1n) is 18.8. The minimum Gasteiger partial charge on any atom is -0.355 e. The van der Waals surface area contributed by atoms with E-state index >= 15 is 0 Å². The molecule has 10 nitrogen and oxygen atoms in total. The van der Waals surface area contributed by atoms with Crippen LogP contribution in [0.3, 0.4) is 0 Å². The molecule has 0 bridgehead atoms. The van der Waals surface area contributed by atoms with E-state index in [4.69, 9.17) is 23.2 Å². The molecule has 0 spiro atoms. The fourth-order valence-electron chi connectivity index (χ4n) is 7.98. The van der Waals surface area contributed by atoms with E-state index < -0.39 is 10.8 Å². The van der Waals surface area contributed by atoms with E-state index in [0.717, 1.165) is 70.8 Å². The van der Waals surface area contributed by atoms with E-state index in [2.05, 4.69) is 10.6 Å². The van der Waals surface area contributed by atoms with Gasteiger partial charge >= 0.3 is 0 Å². The predicted molar refractivity (Wildman–Crippen MR) is 212 cm³/mol. The number of nitrogens with one attached hydrogen (secondary N) is 2. The molecule has 0 saturated carbocycles. The van der Waals surface area contributed by atoms with Gasteiger partial charge in [0.25, 0.3) is 23.6 Å². The standard InChI is InChI=1S/C42H42Cl2N4O6/c1-23(43)37(49)45-19-7-3-5-9-21-47-39(51)29-15-11-25-27-13-17-31-36-32(18-14-28(34(27)36)26-12-16-30(40(47)52)35(29)33(25)26)42(54)48(41(31)53)22-10-6-4-8-20-46-38(50)24(2)44/h11-18,23-24H,3-10,19-22H2,1-2H3,(H,45,49)(H,46,50). The van der Waals surface area contributed by atoms with Gasteiger partial charge in [-0.15, -0.1) is 23.2 Å². The maximum absolute atomic E-state index is 13.9. The van der Waals surface area contributed by atoms with E-state index in [-0.39, 0.29) is 35.4 Å². The van der Waals surface area contributed by atoms with Crippen LogP contribution in [0, 0.1) is 0 Å². The number of rotatable bonds is 16. The number of halogens is 2. The highest BCUT2D eigenvalue weighted by Crippen LogP contribution is 2.46. The smallest absolute Gasteiger partial charge is 0.261 e. The number of unbranched alkanes of at least 4 members (excludes halogenated alkanes) is 6. The van der Waals surface area contributed by atoms with Gasteiger partial charge in [-0.1, -0.05) is 49.9 Å². The van der Waals surface area contributed by atoms with Crippen molar-refractivity contribution in [2.24, 2.45) is 0 Å². The maximum atomic E-state index is 13.9. The molecule has 2 aliphatic heterocycles. The summed E-state index contributed by atoms with van der Waals surface area (Å²) in [6.45, 7) is 4.92. The molecule has 2 N–H and O–H groups in total. The molecule has 0 aromatic heterocycles. The number of alkyl halides is 2. The molecule has 280 valence electrons. The molecule has 0 fully saturated rings. The number of carbonyl (C=O) groups is 6. The Kier molecular flexibility index (Phi) is 10.8. The van der Waals surface area contributed by atoms with Crippen LogP contribution in [0.15, 0.2) is 48.5 Å². The van der Waals surface area contributed by atoms with Crippen molar-refractivity contribution >= 4 is 102 Å². The third-order valence-corrected chi connectivity index (χ3v) is 11.1. The van der Waals surface area contributed by atoms with Crippen LogP contribution in [0.2, 0.25) is 0 Å². The van der Waals surface area contributed by atoms with Crippen molar-refractivity contribution in [1.29, 1.82) is 0 Å². The Morgan fingerprint density at radius 3 is 1.07 bits per heavy atom. The van der Waals surface area contributed by atoms with Crippen LogP contribution in [-0.2, 0) is 9.59 Å². The second-order valence-electron chi connectivity index (χ2n) is 14.3. The average Bonchev–Trinajstić information content (AvgIpc) is 3.16. The molecule has 6 amide bonds. The number of hydrogen-bond donors (Lipinski definition) is 2. The first-order chi connectivity index (χ1) is 26.0. The molecule has 54 heavy (non-hydrogen) atoms. The first-order valence-corrected chi connectivity index (χ1v) is 19.6. The molecular formula is C42H42Cl2N4O6. The van der Waals surface area contributed by atoms with Crippen molar-refractivity contribution in [3.8, 4) is 0 Å².